The lowest BCUT2D eigenvalue weighted by Gasteiger charge is -1.99. The summed E-state index contributed by atoms with van der Waals surface area (Å²) in [6.07, 6.45) is 5.40. The highest BCUT2D eigenvalue weighted by atomic mass is 35.5. The Labute approximate surface area is 115 Å². The molecule has 0 radical (unpaired) electrons. The maximum absolute atomic E-state index is 6.19. The molecule has 19 heavy (non-hydrogen) atoms. The van der Waals surface area contributed by atoms with Gasteiger partial charge in [0, 0.05) is 6.20 Å². The summed E-state index contributed by atoms with van der Waals surface area (Å²) in [5.74, 6) is 0.992. The Bertz CT molecular complexity index is 691. The summed E-state index contributed by atoms with van der Waals surface area (Å²) >= 11 is 6.19. The van der Waals surface area contributed by atoms with Crippen molar-refractivity contribution >= 4 is 17.1 Å². The van der Waals surface area contributed by atoms with Crippen LogP contribution < -0.4 is 0 Å². The minimum Gasteiger partial charge on any atom is -0.334 e. The third-order valence-corrected chi connectivity index (χ3v) is 3.33. The van der Waals surface area contributed by atoms with E-state index in [2.05, 4.69) is 22.2 Å². The Hall–Kier alpha value is -1.88. The van der Waals surface area contributed by atoms with Crippen LogP contribution in [0.1, 0.15) is 31.0 Å². The Morgan fingerprint density at radius 2 is 2.32 bits per heavy atom. The van der Waals surface area contributed by atoms with Gasteiger partial charge in [-0.15, -0.1) is 11.6 Å². The highest BCUT2D eigenvalue weighted by Crippen LogP contribution is 2.27. The van der Waals surface area contributed by atoms with Gasteiger partial charge >= 0.3 is 0 Å². The molecule has 3 rings (SSSR count). The molecule has 0 fully saturated rings. The van der Waals surface area contributed by atoms with Gasteiger partial charge in [0.2, 0.25) is 0 Å². The molecule has 0 saturated heterocycles. The van der Waals surface area contributed by atoms with E-state index >= 15 is 0 Å². The third-order valence-electron chi connectivity index (χ3n) is 2.92. The Morgan fingerprint density at radius 3 is 3.16 bits per heavy atom. The van der Waals surface area contributed by atoms with Crippen LogP contribution in [0.25, 0.3) is 17.0 Å². The monoisotopic (exact) mass is 276 g/mol. The van der Waals surface area contributed by atoms with Gasteiger partial charge in [-0.1, -0.05) is 24.6 Å². The van der Waals surface area contributed by atoms with Gasteiger partial charge in [-0.3, -0.25) is 0 Å². The van der Waals surface area contributed by atoms with E-state index in [0.717, 1.165) is 23.9 Å². The largest absolute Gasteiger partial charge is 0.334 e. The fraction of sp³-hybridized carbons (Fsp3) is 0.308. The van der Waals surface area contributed by atoms with E-state index in [1.54, 1.807) is 10.7 Å². The first kappa shape index (κ1) is 12.2. The van der Waals surface area contributed by atoms with Crippen LogP contribution >= 0.6 is 11.6 Å². The Morgan fingerprint density at radius 1 is 1.42 bits per heavy atom. The fourth-order valence-electron chi connectivity index (χ4n) is 1.95. The summed E-state index contributed by atoms with van der Waals surface area (Å²) in [5, 5.41) is 7.98. The molecule has 0 aromatic carbocycles. The SMILES string of the molecule is CCCC(Cl)c1noc(-c2cnn3ccccc23)n1. The van der Waals surface area contributed by atoms with Crippen molar-refractivity contribution in [1.82, 2.24) is 19.8 Å². The molecule has 3 heterocycles. The van der Waals surface area contributed by atoms with E-state index < -0.39 is 0 Å². The van der Waals surface area contributed by atoms with Crippen LogP contribution in [0.3, 0.4) is 0 Å². The predicted molar refractivity (Wildman–Crippen MR) is 72.0 cm³/mol. The van der Waals surface area contributed by atoms with Gasteiger partial charge in [-0.2, -0.15) is 10.1 Å². The summed E-state index contributed by atoms with van der Waals surface area (Å²) in [5.41, 5.74) is 1.75. The van der Waals surface area contributed by atoms with E-state index in [-0.39, 0.29) is 5.38 Å². The molecule has 1 unspecified atom stereocenters. The molecule has 0 N–H and O–H groups in total. The van der Waals surface area contributed by atoms with Gasteiger partial charge in [-0.25, -0.2) is 4.52 Å². The lowest BCUT2D eigenvalue weighted by molar-refractivity contribution is 0.421. The van der Waals surface area contributed by atoms with Crippen LogP contribution in [0.2, 0.25) is 0 Å². The van der Waals surface area contributed by atoms with Crippen molar-refractivity contribution in [2.45, 2.75) is 25.1 Å². The highest BCUT2D eigenvalue weighted by Gasteiger charge is 2.18. The third kappa shape index (κ3) is 2.21. The van der Waals surface area contributed by atoms with Crippen molar-refractivity contribution in [1.29, 1.82) is 0 Å². The molecular weight excluding hydrogens is 264 g/mol. The zero-order chi connectivity index (χ0) is 13.2. The molecule has 0 bridgehead atoms. The van der Waals surface area contributed by atoms with Gasteiger partial charge in [0.25, 0.3) is 5.89 Å². The van der Waals surface area contributed by atoms with Crippen molar-refractivity contribution in [2.75, 3.05) is 0 Å². The first-order valence-corrected chi connectivity index (χ1v) is 6.63. The maximum atomic E-state index is 6.19. The molecule has 0 aliphatic rings. The molecule has 0 aliphatic carbocycles. The van der Waals surface area contributed by atoms with Crippen LogP contribution in [0.4, 0.5) is 0 Å². The smallest absolute Gasteiger partial charge is 0.261 e. The van der Waals surface area contributed by atoms with Crippen LogP contribution in [0, 0.1) is 0 Å². The van der Waals surface area contributed by atoms with E-state index in [1.807, 2.05) is 24.4 Å². The number of hydrogen-bond acceptors (Lipinski definition) is 4. The molecule has 6 heteroatoms. The Kier molecular flexibility index (Phi) is 3.21. The zero-order valence-corrected chi connectivity index (χ0v) is 11.2. The summed E-state index contributed by atoms with van der Waals surface area (Å²) < 4.78 is 7.05. The minimum atomic E-state index is -0.204. The first-order valence-electron chi connectivity index (χ1n) is 6.20. The van der Waals surface area contributed by atoms with Gasteiger partial charge in [0.05, 0.1) is 22.7 Å². The van der Waals surface area contributed by atoms with Gasteiger partial charge in [-0.05, 0) is 18.6 Å². The molecule has 1 atom stereocenters. The lowest BCUT2D eigenvalue weighted by atomic mass is 10.2. The maximum Gasteiger partial charge on any atom is 0.261 e. The van der Waals surface area contributed by atoms with E-state index in [4.69, 9.17) is 16.1 Å². The number of hydrogen-bond donors (Lipinski definition) is 0. The quantitative estimate of drug-likeness (QED) is 0.685. The van der Waals surface area contributed by atoms with Crippen molar-refractivity contribution in [3.63, 3.8) is 0 Å². The van der Waals surface area contributed by atoms with Crippen LogP contribution in [0.5, 0.6) is 0 Å². The molecule has 3 aromatic rings. The van der Waals surface area contributed by atoms with Crippen LogP contribution in [-0.4, -0.2) is 19.8 Å². The number of rotatable bonds is 4. The van der Waals surface area contributed by atoms with Crippen molar-refractivity contribution in [2.24, 2.45) is 0 Å². The Balaban J connectivity index is 1.98. The second kappa shape index (κ2) is 5.01. The van der Waals surface area contributed by atoms with Crippen LogP contribution in [0.15, 0.2) is 35.1 Å². The molecular formula is C13H13ClN4O. The van der Waals surface area contributed by atoms with E-state index in [1.165, 1.54) is 0 Å². The zero-order valence-electron chi connectivity index (χ0n) is 10.5. The summed E-state index contributed by atoms with van der Waals surface area (Å²) in [6, 6.07) is 5.81. The van der Waals surface area contributed by atoms with Crippen molar-refractivity contribution < 1.29 is 4.52 Å². The number of alkyl halides is 1. The standard InChI is InChI=1S/C13H13ClN4O/c1-2-5-10(14)12-16-13(19-17-12)9-8-15-18-7-4-3-6-11(9)18/h3-4,6-8,10H,2,5H2,1H3. The molecule has 5 nitrogen and oxygen atoms in total. The number of halogens is 1. The number of aromatic nitrogens is 4. The number of fused-ring (bicyclic) bond motifs is 1. The average Bonchev–Trinajstić information content (AvgIpc) is 3.05. The highest BCUT2D eigenvalue weighted by molar-refractivity contribution is 6.20. The molecule has 0 amide bonds. The van der Waals surface area contributed by atoms with E-state index in [0.29, 0.717) is 11.7 Å². The minimum absolute atomic E-state index is 0.204. The lowest BCUT2D eigenvalue weighted by Crippen LogP contribution is -1.92. The molecule has 0 saturated carbocycles. The second-order valence-corrected chi connectivity index (χ2v) is 4.83. The first-order chi connectivity index (χ1) is 9.29. The summed E-state index contributed by atoms with van der Waals surface area (Å²) in [7, 11) is 0. The number of pyridine rings is 1. The predicted octanol–water partition coefficient (Wildman–Crippen LogP) is 3.46. The topological polar surface area (TPSA) is 56.2 Å². The van der Waals surface area contributed by atoms with Gasteiger partial charge in [0.1, 0.15) is 0 Å². The van der Waals surface area contributed by atoms with Gasteiger partial charge < -0.3 is 4.52 Å². The average molecular weight is 277 g/mol. The molecule has 0 spiro atoms. The summed E-state index contributed by atoms with van der Waals surface area (Å²) in [4.78, 5) is 4.36. The van der Waals surface area contributed by atoms with Crippen LogP contribution in [-0.2, 0) is 0 Å². The van der Waals surface area contributed by atoms with Gasteiger partial charge in [0.15, 0.2) is 5.82 Å². The molecule has 3 aromatic heterocycles. The second-order valence-electron chi connectivity index (χ2n) is 4.30. The fourth-order valence-corrected chi connectivity index (χ4v) is 2.26. The van der Waals surface area contributed by atoms with Crippen molar-refractivity contribution in [3.05, 3.63) is 36.4 Å². The normalized spacial score (nSPS) is 12.9. The number of nitrogens with zero attached hydrogens (tertiary/aromatic N) is 4. The molecule has 0 aliphatic heterocycles. The van der Waals surface area contributed by atoms with Crippen molar-refractivity contribution in [3.8, 4) is 11.5 Å². The summed E-state index contributed by atoms with van der Waals surface area (Å²) in [6.45, 7) is 2.07. The van der Waals surface area contributed by atoms with E-state index in [9.17, 15) is 0 Å². The molecule has 98 valence electrons.